The van der Waals surface area contributed by atoms with Crippen LogP contribution in [0.15, 0.2) is 34.9 Å². The Kier molecular flexibility index (Phi) is 6.34. The maximum atomic E-state index is 12.0. The highest BCUT2D eigenvalue weighted by Gasteiger charge is 2.21. The molecule has 146 valence electrons. The van der Waals surface area contributed by atoms with Crippen molar-refractivity contribution in [3.8, 4) is 5.75 Å². The van der Waals surface area contributed by atoms with Gasteiger partial charge in [0.2, 0.25) is 5.89 Å². The third kappa shape index (κ3) is 5.01. The Bertz CT molecular complexity index is 751. The van der Waals surface area contributed by atoms with Crippen LogP contribution < -0.4 is 15.0 Å². The van der Waals surface area contributed by atoms with Crippen molar-refractivity contribution in [1.29, 1.82) is 0 Å². The van der Waals surface area contributed by atoms with Crippen LogP contribution in [0.2, 0.25) is 0 Å². The topological polar surface area (TPSA) is 70.8 Å². The number of ether oxygens (including phenoxy) is 1. The molecule has 1 aromatic carbocycles. The predicted molar refractivity (Wildman–Crippen MR) is 104 cm³/mol. The summed E-state index contributed by atoms with van der Waals surface area (Å²) in [5.41, 5.74) is 1.47. The van der Waals surface area contributed by atoms with E-state index < -0.39 is 0 Å². The minimum absolute atomic E-state index is 0.181. The van der Waals surface area contributed by atoms with Gasteiger partial charge < -0.3 is 19.4 Å². The Morgan fingerprint density at radius 1 is 1.26 bits per heavy atom. The van der Waals surface area contributed by atoms with Crippen molar-refractivity contribution >= 4 is 11.6 Å². The van der Waals surface area contributed by atoms with Gasteiger partial charge >= 0.3 is 0 Å². The SMILES string of the molecule is COc1ccccc1N1CCN(Cc2nc(C(=O)NCC(C)C)co2)CC1. The van der Waals surface area contributed by atoms with E-state index in [1.54, 1.807) is 7.11 Å². The molecular weight excluding hydrogens is 344 g/mol. The smallest absolute Gasteiger partial charge is 0.273 e. The first-order chi connectivity index (χ1) is 13.1. The normalized spacial score (nSPS) is 15.2. The molecule has 1 aliphatic heterocycles. The van der Waals surface area contributed by atoms with Crippen molar-refractivity contribution in [1.82, 2.24) is 15.2 Å². The monoisotopic (exact) mass is 372 g/mol. The number of hydrogen-bond acceptors (Lipinski definition) is 6. The van der Waals surface area contributed by atoms with E-state index in [2.05, 4.69) is 40.0 Å². The van der Waals surface area contributed by atoms with Gasteiger partial charge in [0.1, 0.15) is 12.0 Å². The Morgan fingerprint density at radius 2 is 2.00 bits per heavy atom. The molecule has 2 heterocycles. The van der Waals surface area contributed by atoms with Crippen LogP contribution in [0.4, 0.5) is 5.69 Å². The van der Waals surface area contributed by atoms with Crippen molar-refractivity contribution in [2.75, 3.05) is 44.7 Å². The number of rotatable bonds is 7. The van der Waals surface area contributed by atoms with Crippen LogP contribution in [-0.4, -0.2) is 55.6 Å². The van der Waals surface area contributed by atoms with Gasteiger partial charge in [0, 0.05) is 32.7 Å². The van der Waals surface area contributed by atoms with Crippen LogP contribution in [0.5, 0.6) is 5.75 Å². The fraction of sp³-hybridized carbons (Fsp3) is 0.500. The number of piperazine rings is 1. The molecule has 0 saturated carbocycles. The molecule has 0 bridgehead atoms. The maximum Gasteiger partial charge on any atom is 0.273 e. The van der Waals surface area contributed by atoms with Gasteiger partial charge in [0.05, 0.1) is 19.3 Å². The highest BCUT2D eigenvalue weighted by Crippen LogP contribution is 2.28. The van der Waals surface area contributed by atoms with Gasteiger partial charge in [-0.15, -0.1) is 0 Å². The quantitative estimate of drug-likeness (QED) is 0.805. The molecule has 0 radical (unpaired) electrons. The van der Waals surface area contributed by atoms with E-state index in [9.17, 15) is 4.79 Å². The minimum Gasteiger partial charge on any atom is -0.495 e. The Morgan fingerprint density at radius 3 is 2.70 bits per heavy atom. The molecule has 1 N–H and O–H groups in total. The largest absolute Gasteiger partial charge is 0.495 e. The van der Waals surface area contributed by atoms with Crippen molar-refractivity contribution < 1.29 is 13.9 Å². The Hall–Kier alpha value is -2.54. The van der Waals surface area contributed by atoms with Gasteiger partial charge in [0.15, 0.2) is 5.69 Å². The van der Waals surface area contributed by atoms with E-state index in [0.717, 1.165) is 37.6 Å². The van der Waals surface area contributed by atoms with Gasteiger partial charge in [-0.2, -0.15) is 0 Å². The van der Waals surface area contributed by atoms with Gasteiger partial charge in [-0.1, -0.05) is 26.0 Å². The molecule has 27 heavy (non-hydrogen) atoms. The summed E-state index contributed by atoms with van der Waals surface area (Å²) in [6.07, 6.45) is 1.44. The molecule has 2 aromatic rings. The average molecular weight is 372 g/mol. The average Bonchev–Trinajstić information content (AvgIpc) is 3.15. The van der Waals surface area contributed by atoms with Crippen LogP contribution >= 0.6 is 0 Å². The summed E-state index contributed by atoms with van der Waals surface area (Å²) in [6.45, 7) is 8.96. The lowest BCUT2D eigenvalue weighted by molar-refractivity contribution is 0.0944. The number of carbonyl (C=O) groups excluding carboxylic acids is 1. The highest BCUT2D eigenvalue weighted by molar-refractivity contribution is 5.91. The maximum absolute atomic E-state index is 12.0. The van der Waals surface area contributed by atoms with E-state index >= 15 is 0 Å². The summed E-state index contributed by atoms with van der Waals surface area (Å²) < 4.78 is 11.0. The van der Waals surface area contributed by atoms with Crippen molar-refractivity contribution in [3.05, 3.63) is 42.1 Å². The fourth-order valence-corrected chi connectivity index (χ4v) is 3.10. The van der Waals surface area contributed by atoms with E-state index in [0.29, 0.717) is 30.6 Å². The number of benzene rings is 1. The zero-order valence-electron chi connectivity index (χ0n) is 16.3. The van der Waals surface area contributed by atoms with E-state index in [-0.39, 0.29) is 5.91 Å². The van der Waals surface area contributed by atoms with Crippen LogP contribution in [0.3, 0.4) is 0 Å². The van der Waals surface area contributed by atoms with Crippen LogP contribution in [0.25, 0.3) is 0 Å². The number of carbonyl (C=O) groups is 1. The second kappa shape index (κ2) is 8.90. The number of nitrogens with zero attached hydrogens (tertiary/aromatic N) is 3. The summed E-state index contributed by atoms with van der Waals surface area (Å²) in [6, 6.07) is 8.09. The molecule has 1 saturated heterocycles. The van der Waals surface area contributed by atoms with Crippen molar-refractivity contribution in [2.24, 2.45) is 5.92 Å². The summed E-state index contributed by atoms with van der Waals surface area (Å²) in [5.74, 6) is 1.70. The number of hydrogen-bond donors (Lipinski definition) is 1. The molecule has 7 heteroatoms. The zero-order chi connectivity index (χ0) is 19.2. The Labute approximate surface area is 160 Å². The van der Waals surface area contributed by atoms with Crippen molar-refractivity contribution in [2.45, 2.75) is 20.4 Å². The van der Waals surface area contributed by atoms with E-state index in [4.69, 9.17) is 9.15 Å². The number of nitrogens with one attached hydrogen (secondary N) is 1. The summed E-state index contributed by atoms with van der Waals surface area (Å²) in [4.78, 5) is 21.0. The molecule has 0 spiro atoms. The first kappa shape index (κ1) is 19.2. The molecule has 1 fully saturated rings. The van der Waals surface area contributed by atoms with Crippen molar-refractivity contribution in [3.63, 3.8) is 0 Å². The lowest BCUT2D eigenvalue weighted by Crippen LogP contribution is -2.46. The number of anilines is 1. The van der Waals surface area contributed by atoms with Gasteiger partial charge in [-0.05, 0) is 18.1 Å². The second-order valence-electron chi connectivity index (χ2n) is 7.17. The standard InChI is InChI=1S/C20H28N4O3/c1-15(2)12-21-20(25)16-14-27-19(22-16)13-23-8-10-24(11-9-23)17-6-4-5-7-18(17)26-3/h4-7,14-15H,8-13H2,1-3H3,(H,21,25). The zero-order valence-corrected chi connectivity index (χ0v) is 16.3. The summed E-state index contributed by atoms with van der Waals surface area (Å²) in [5, 5.41) is 2.86. The molecular formula is C20H28N4O3. The third-order valence-electron chi connectivity index (χ3n) is 4.61. The van der Waals surface area contributed by atoms with Gasteiger partial charge in [0.25, 0.3) is 5.91 Å². The van der Waals surface area contributed by atoms with Crippen LogP contribution in [0.1, 0.15) is 30.2 Å². The molecule has 0 unspecified atom stereocenters. The molecule has 1 aromatic heterocycles. The van der Waals surface area contributed by atoms with E-state index in [1.807, 2.05) is 18.2 Å². The molecule has 0 atom stereocenters. The first-order valence-electron chi connectivity index (χ1n) is 9.39. The fourth-order valence-electron chi connectivity index (χ4n) is 3.10. The molecule has 7 nitrogen and oxygen atoms in total. The lowest BCUT2D eigenvalue weighted by atomic mass is 10.2. The third-order valence-corrected chi connectivity index (χ3v) is 4.61. The van der Waals surface area contributed by atoms with Gasteiger partial charge in [-0.3, -0.25) is 9.69 Å². The molecule has 3 rings (SSSR count). The van der Waals surface area contributed by atoms with E-state index in [1.165, 1.54) is 6.26 Å². The highest BCUT2D eigenvalue weighted by atomic mass is 16.5. The molecule has 0 aliphatic carbocycles. The minimum atomic E-state index is -0.181. The second-order valence-corrected chi connectivity index (χ2v) is 7.17. The van der Waals surface area contributed by atoms with Gasteiger partial charge in [-0.25, -0.2) is 4.98 Å². The number of amides is 1. The van der Waals surface area contributed by atoms with Crippen LogP contribution in [-0.2, 0) is 6.54 Å². The number of para-hydroxylation sites is 2. The number of oxazole rings is 1. The molecule has 1 amide bonds. The number of aromatic nitrogens is 1. The lowest BCUT2D eigenvalue weighted by Gasteiger charge is -2.36. The summed E-state index contributed by atoms with van der Waals surface area (Å²) >= 11 is 0. The molecule has 1 aliphatic rings. The number of methoxy groups -OCH3 is 1. The Balaban J connectivity index is 1.52. The van der Waals surface area contributed by atoms with Crippen LogP contribution in [0, 0.1) is 5.92 Å². The summed E-state index contributed by atoms with van der Waals surface area (Å²) in [7, 11) is 1.70. The first-order valence-corrected chi connectivity index (χ1v) is 9.39. The predicted octanol–water partition coefficient (Wildman–Crippen LogP) is 2.39.